The number of benzene rings is 2. The van der Waals surface area contributed by atoms with Crippen LogP contribution >= 0.6 is 0 Å². The molecule has 0 saturated heterocycles. The Morgan fingerprint density at radius 3 is 2.39 bits per heavy atom. The average Bonchev–Trinajstić information content (AvgIpc) is 3.16. The lowest BCUT2D eigenvalue weighted by Crippen LogP contribution is -2.45. The normalized spacial score (nSPS) is 27.6. The minimum Gasteiger partial charge on any atom is -0.493 e. The Kier molecular flexibility index (Phi) is 3.94. The van der Waals surface area contributed by atoms with E-state index in [2.05, 4.69) is 4.90 Å². The van der Waals surface area contributed by atoms with Crippen LogP contribution in [-0.2, 0) is 6.54 Å². The number of ether oxygens (including phenoxy) is 4. The lowest BCUT2D eigenvalue weighted by Gasteiger charge is -2.48. The highest BCUT2D eigenvalue weighted by Crippen LogP contribution is 2.55. The summed E-state index contributed by atoms with van der Waals surface area (Å²) in [6.45, 7) is 0.800. The Morgan fingerprint density at radius 2 is 1.71 bits per heavy atom. The summed E-state index contributed by atoms with van der Waals surface area (Å²) in [7, 11) is 5.24. The molecule has 28 heavy (non-hydrogen) atoms. The van der Waals surface area contributed by atoms with E-state index in [9.17, 15) is 10.2 Å². The second-order valence-electron chi connectivity index (χ2n) is 7.52. The first-order chi connectivity index (χ1) is 13.5. The molecule has 2 aromatic carbocycles. The molecule has 7 heteroatoms. The molecule has 0 amide bonds. The molecular formula is C21H23NO6. The van der Waals surface area contributed by atoms with Crippen molar-refractivity contribution in [2.24, 2.45) is 0 Å². The Bertz CT molecular complexity index is 945. The summed E-state index contributed by atoms with van der Waals surface area (Å²) >= 11 is 0. The number of hydrogen-bond donors (Lipinski definition) is 2. The summed E-state index contributed by atoms with van der Waals surface area (Å²) in [6, 6.07) is 7.45. The summed E-state index contributed by atoms with van der Waals surface area (Å²) in [5, 5.41) is 22.0. The van der Waals surface area contributed by atoms with Crippen LogP contribution in [0.25, 0.3) is 0 Å². The van der Waals surface area contributed by atoms with Gasteiger partial charge in [-0.1, -0.05) is 6.07 Å². The van der Waals surface area contributed by atoms with E-state index in [0.29, 0.717) is 35.1 Å². The van der Waals surface area contributed by atoms with Gasteiger partial charge in [0, 0.05) is 24.1 Å². The molecule has 2 aliphatic heterocycles. The van der Waals surface area contributed by atoms with Gasteiger partial charge in [-0.3, -0.25) is 4.90 Å². The molecule has 5 rings (SSSR count). The first kappa shape index (κ1) is 17.6. The smallest absolute Gasteiger partial charge is 0.231 e. The van der Waals surface area contributed by atoms with Crippen LogP contribution in [0.4, 0.5) is 0 Å². The zero-order chi connectivity index (χ0) is 19.6. The second-order valence-corrected chi connectivity index (χ2v) is 7.52. The molecule has 2 heterocycles. The number of methoxy groups -OCH3 is 2. The average molecular weight is 385 g/mol. The molecule has 0 bridgehead atoms. The zero-order valence-electron chi connectivity index (χ0n) is 16.0. The van der Waals surface area contributed by atoms with Crippen molar-refractivity contribution in [3.8, 4) is 23.0 Å². The first-order valence-electron chi connectivity index (χ1n) is 9.28. The maximum absolute atomic E-state index is 11.1. The van der Waals surface area contributed by atoms with Gasteiger partial charge in [0.25, 0.3) is 0 Å². The van der Waals surface area contributed by atoms with Gasteiger partial charge in [-0.2, -0.15) is 0 Å². The van der Waals surface area contributed by atoms with Gasteiger partial charge in [0.1, 0.15) is 6.10 Å². The topological polar surface area (TPSA) is 80.6 Å². The van der Waals surface area contributed by atoms with Crippen molar-refractivity contribution in [1.29, 1.82) is 0 Å². The quantitative estimate of drug-likeness (QED) is 0.820. The SMILES string of the molecule is COc1ccc2c(c1OC)CN(C)C1c3cc4c(cc3C(O)C(O)C21)OCO4. The molecule has 0 saturated carbocycles. The van der Waals surface area contributed by atoms with Gasteiger partial charge >= 0.3 is 0 Å². The first-order valence-corrected chi connectivity index (χ1v) is 9.28. The highest BCUT2D eigenvalue weighted by atomic mass is 16.7. The Hall–Kier alpha value is -2.48. The maximum atomic E-state index is 11.1. The van der Waals surface area contributed by atoms with Crippen molar-refractivity contribution in [2.75, 3.05) is 28.1 Å². The molecule has 7 nitrogen and oxygen atoms in total. The molecule has 1 aliphatic carbocycles. The van der Waals surface area contributed by atoms with Gasteiger partial charge in [0.05, 0.1) is 20.3 Å². The molecule has 0 aromatic heterocycles. The molecule has 0 fully saturated rings. The van der Waals surface area contributed by atoms with Crippen molar-refractivity contribution in [1.82, 2.24) is 4.90 Å². The van der Waals surface area contributed by atoms with Gasteiger partial charge in [0.15, 0.2) is 23.0 Å². The van der Waals surface area contributed by atoms with Crippen molar-refractivity contribution >= 4 is 0 Å². The van der Waals surface area contributed by atoms with E-state index in [1.165, 1.54) is 0 Å². The van der Waals surface area contributed by atoms with E-state index in [0.717, 1.165) is 16.7 Å². The van der Waals surface area contributed by atoms with E-state index >= 15 is 0 Å². The summed E-state index contributed by atoms with van der Waals surface area (Å²) < 4.78 is 22.1. The third kappa shape index (κ3) is 2.27. The third-order valence-corrected chi connectivity index (χ3v) is 6.17. The lowest BCUT2D eigenvalue weighted by atomic mass is 9.69. The highest BCUT2D eigenvalue weighted by molar-refractivity contribution is 5.58. The Labute approximate surface area is 163 Å². The largest absolute Gasteiger partial charge is 0.493 e. The van der Waals surface area contributed by atoms with E-state index < -0.39 is 12.2 Å². The van der Waals surface area contributed by atoms with Crippen molar-refractivity contribution in [3.63, 3.8) is 0 Å². The van der Waals surface area contributed by atoms with Gasteiger partial charge in [-0.15, -0.1) is 0 Å². The van der Waals surface area contributed by atoms with E-state index in [1.807, 2.05) is 25.2 Å². The third-order valence-electron chi connectivity index (χ3n) is 6.17. The fourth-order valence-corrected chi connectivity index (χ4v) is 4.94. The van der Waals surface area contributed by atoms with Crippen LogP contribution in [0.5, 0.6) is 23.0 Å². The summed E-state index contributed by atoms with van der Waals surface area (Å²) in [5.74, 6) is 2.30. The van der Waals surface area contributed by atoms with Gasteiger partial charge in [-0.05, 0) is 41.9 Å². The minimum absolute atomic E-state index is 0.103. The molecule has 148 valence electrons. The molecular weight excluding hydrogens is 362 g/mol. The van der Waals surface area contributed by atoms with Gasteiger partial charge in [0.2, 0.25) is 6.79 Å². The molecule has 4 atom stereocenters. The Balaban J connectivity index is 1.70. The van der Waals surface area contributed by atoms with Crippen LogP contribution in [0, 0.1) is 0 Å². The molecule has 2 N–H and O–H groups in total. The van der Waals surface area contributed by atoms with Gasteiger partial charge in [-0.25, -0.2) is 0 Å². The van der Waals surface area contributed by atoms with Crippen LogP contribution in [0.1, 0.15) is 40.3 Å². The number of fused-ring (bicyclic) bond motifs is 6. The standard InChI is InChI=1S/C21H23NO6/c1-22-8-13-10(4-5-14(25-2)21(13)26-3)17-18(22)11-6-15-16(28-9-27-15)7-12(11)19(23)20(17)24/h4-7,17-20,23-24H,8-9H2,1-3H3. The molecule has 0 spiro atoms. The number of aliphatic hydroxyl groups is 2. The predicted octanol–water partition coefficient (Wildman–Crippen LogP) is 2.11. The number of likely N-dealkylation sites (N-methyl/N-ethyl adjacent to an activating group) is 1. The Morgan fingerprint density at radius 1 is 1.00 bits per heavy atom. The molecule has 4 unspecified atom stereocenters. The number of nitrogens with zero attached hydrogens (tertiary/aromatic N) is 1. The maximum Gasteiger partial charge on any atom is 0.231 e. The van der Waals surface area contributed by atoms with Crippen LogP contribution in [0.3, 0.4) is 0 Å². The van der Waals surface area contributed by atoms with E-state index in [4.69, 9.17) is 18.9 Å². The molecule has 2 aromatic rings. The van der Waals surface area contributed by atoms with Crippen LogP contribution in [-0.4, -0.2) is 49.3 Å². The van der Waals surface area contributed by atoms with Crippen LogP contribution in [0.2, 0.25) is 0 Å². The van der Waals surface area contributed by atoms with Crippen molar-refractivity contribution in [3.05, 3.63) is 46.5 Å². The predicted molar refractivity (Wildman–Crippen MR) is 100 cm³/mol. The lowest BCUT2D eigenvalue weighted by molar-refractivity contribution is -0.0382. The summed E-state index contributed by atoms with van der Waals surface area (Å²) in [6.07, 6.45) is -1.98. The van der Waals surface area contributed by atoms with Crippen molar-refractivity contribution < 1.29 is 29.2 Å². The fourth-order valence-electron chi connectivity index (χ4n) is 4.94. The van der Waals surface area contributed by atoms with Crippen LogP contribution < -0.4 is 18.9 Å². The van der Waals surface area contributed by atoms with E-state index in [-0.39, 0.29) is 18.8 Å². The zero-order valence-corrected chi connectivity index (χ0v) is 16.0. The minimum atomic E-state index is -1.02. The van der Waals surface area contributed by atoms with Crippen LogP contribution in [0.15, 0.2) is 24.3 Å². The summed E-state index contributed by atoms with van der Waals surface area (Å²) in [5.41, 5.74) is 3.58. The van der Waals surface area contributed by atoms with E-state index in [1.54, 1.807) is 20.3 Å². The van der Waals surface area contributed by atoms with Gasteiger partial charge < -0.3 is 29.2 Å². The second kappa shape index (κ2) is 6.27. The number of aliphatic hydroxyl groups excluding tert-OH is 2. The van der Waals surface area contributed by atoms with Crippen molar-refractivity contribution in [2.45, 2.75) is 30.7 Å². The molecule has 3 aliphatic rings. The highest BCUT2D eigenvalue weighted by Gasteiger charge is 2.48. The fraction of sp³-hybridized carbons (Fsp3) is 0.429. The molecule has 0 radical (unpaired) electrons. The number of rotatable bonds is 2. The number of hydrogen-bond acceptors (Lipinski definition) is 7. The monoisotopic (exact) mass is 385 g/mol. The summed E-state index contributed by atoms with van der Waals surface area (Å²) in [4.78, 5) is 2.17.